The van der Waals surface area contributed by atoms with Crippen LogP contribution in [0.25, 0.3) is 5.65 Å². The van der Waals surface area contributed by atoms with Crippen molar-refractivity contribution in [1.82, 2.24) is 9.38 Å². The van der Waals surface area contributed by atoms with E-state index in [2.05, 4.69) is 11.9 Å². The second-order valence-electron chi connectivity index (χ2n) is 3.17. The van der Waals surface area contributed by atoms with Gasteiger partial charge in [0.2, 0.25) is 0 Å². The van der Waals surface area contributed by atoms with Gasteiger partial charge in [0.1, 0.15) is 5.65 Å². The number of fused-ring (bicyclic) bond motifs is 1. The number of nitrogens with two attached hydrogens (primary N) is 1. The minimum Gasteiger partial charge on any atom is -0.324 e. The van der Waals surface area contributed by atoms with E-state index in [4.69, 9.17) is 5.73 Å². The smallest absolute Gasteiger partial charge is 0.136 e. The lowest BCUT2D eigenvalue weighted by Crippen LogP contribution is -2.08. The Labute approximate surface area is 77.2 Å². The first-order valence-corrected chi connectivity index (χ1v) is 4.49. The molecule has 3 nitrogen and oxygen atoms in total. The first kappa shape index (κ1) is 8.26. The SMILES string of the molecule is CC[C@@H](N)c1ccn2ccnc2c1. The molecule has 0 saturated heterocycles. The zero-order chi connectivity index (χ0) is 9.26. The molecule has 68 valence electrons. The number of rotatable bonds is 2. The maximum absolute atomic E-state index is 5.92. The van der Waals surface area contributed by atoms with E-state index in [0.717, 1.165) is 17.6 Å². The summed E-state index contributed by atoms with van der Waals surface area (Å²) in [5.74, 6) is 0. The van der Waals surface area contributed by atoms with Crippen LogP contribution < -0.4 is 5.73 Å². The van der Waals surface area contributed by atoms with Gasteiger partial charge in [-0.25, -0.2) is 4.98 Å². The molecule has 0 aliphatic carbocycles. The lowest BCUT2D eigenvalue weighted by atomic mass is 10.1. The third kappa shape index (κ3) is 1.42. The fourth-order valence-corrected chi connectivity index (χ4v) is 1.39. The van der Waals surface area contributed by atoms with Gasteiger partial charge in [-0.1, -0.05) is 6.92 Å². The molecule has 2 rings (SSSR count). The number of imidazole rings is 1. The summed E-state index contributed by atoms with van der Waals surface area (Å²) in [5.41, 5.74) is 8.03. The summed E-state index contributed by atoms with van der Waals surface area (Å²) >= 11 is 0. The van der Waals surface area contributed by atoms with E-state index in [1.807, 2.05) is 28.9 Å². The van der Waals surface area contributed by atoms with Crippen molar-refractivity contribution < 1.29 is 0 Å². The van der Waals surface area contributed by atoms with E-state index < -0.39 is 0 Å². The molecule has 0 bridgehead atoms. The van der Waals surface area contributed by atoms with Gasteiger partial charge < -0.3 is 10.1 Å². The average Bonchev–Trinajstić information content (AvgIpc) is 2.63. The summed E-state index contributed by atoms with van der Waals surface area (Å²) in [6.45, 7) is 2.08. The zero-order valence-corrected chi connectivity index (χ0v) is 7.64. The molecule has 3 heteroatoms. The van der Waals surface area contributed by atoms with Crippen molar-refractivity contribution in [3.8, 4) is 0 Å². The van der Waals surface area contributed by atoms with Crippen LogP contribution in [0.15, 0.2) is 30.7 Å². The normalized spacial score (nSPS) is 13.4. The largest absolute Gasteiger partial charge is 0.324 e. The van der Waals surface area contributed by atoms with Crippen molar-refractivity contribution in [3.05, 3.63) is 36.3 Å². The fraction of sp³-hybridized carbons (Fsp3) is 0.300. The molecule has 2 aromatic heterocycles. The van der Waals surface area contributed by atoms with Gasteiger partial charge in [-0.15, -0.1) is 0 Å². The highest BCUT2D eigenvalue weighted by atomic mass is 15.0. The van der Waals surface area contributed by atoms with Crippen LogP contribution in [0.4, 0.5) is 0 Å². The van der Waals surface area contributed by atoms with Gasteiger partial charge in [0.05, 0.1) is 0 Å². The van der Waals surface area contributed by atoms with Gasteiger partial charge >= 0.3 is 0 Å². The Hall–Kier alpha value is -1.35. The maximum atomic E-state index is 5.92. The van der Waals surface area contributed by atoms with Crippen molar-refractivity contribution in [2.75, 3.05) is 0 Å². The summed E-state index contributed by atoms with van der Waals surface area (Å²) < 4.78 is 1.98. The fourth-order valence-electron chi connectivity index (χ4n) is 1.39. The highest BCUT2D eigenvalue weighted by Gasteiger charge is 2.03. The monoisotopic (exact) mass is 175 g/mol. The van der Waals surface area contributed by atoms with Crippen LogP contribution in [0.5, 0.6) is 0 Å². The van der Waals surface area contributed by atoms with Crippen molar-refractivity contribution in [1.29, 1.82) is 0 Å². The molecule has 0 aromatic carbocycles. The van der Waals surface area contributed by atoms with E-state index in [1.54, 1.807) is 6.20 Å². The third-order valence-corrected chi connectivity index (χ3v) is 2.29. The molecular formula is C10H13N3. The summed E-state index contributed by atoms with van der Waals surface area (Å²) in [6.07, 6.45) is 6.66. The van der Waals surface area contributed by atoms with Gasteiger partial charge in [0.15, 0.2) is 0 Å². The predicted molar refractivity (Wildman–Crippen MR) is 52.4 cm³/mol. The van der Waals surface area contributed by atoms with Gasteiger partial charge in [0.25, 0.3) is 0 Å². The van der Waals surface area contributed by atoms with Crippen LogP contribution in [0.1, 0.15) is 24.9 Å². The van der Waals surface area contributed by atoms with Crippen LogP contribution in [0.2, 0.25) is 0 Å². The zero-order valence-electron chi connectivity index (χ0n) is 7.64. The summed E-state index contributed by atoms with van der Waals surface area (Å²) in [5, 5.41) is 0. The van der Waals surface area contributed by atoms with E-state index in [0.29, 0.717) is 0 Å². The number of hydrogen-bond acceptors (Lipinski definition) is 2. The third-order valence-electron chi connectivity index (χ3n) is 2.29. The highest BCUT2D eigenvalue weighted by Crippen LogP contribution is 2.14. The van der Waals surface area contributed by atoms with E-state index >= 15 is 0 Å². The second-order valence-corrected chi connectivity index (χ2v) is 3.17. The molecule has 0 aliphatic heterocycles. The minimum absolute atomic E-state index is 0.127. The Morgan fingerprint density at radius 3 is 3.15 bits per heavy atom. The number of nitrogens with zero attached hydrogens (tertiary/aromatic N) is 2. The average molecular weight is 175 g/mol. The molecule has 2 N–H and O–H groups in total. The molecular weight excluding hydrogens is 162 g/mol. The van der Waals surface area contributed by atoms with Crippen LogP contribution in [-0.2, 0) is 0 Å². The maximum Gasteiger partial charge on any atom is 0.136 e. The van der Waals surface area contributed by atoms with Gasteiger partial charge in [-0.2, -0.15) is 0 Å². The second kappa shape index (κ2) is 3.18. The molecule has 0 fully saturated rings. The molecule has 0 spiro atoms. The lowest BCUT2D eigenvalue weighted by molar-refractivity contribution is 0.698. The topological polar surface area (TPSA) is 43.3 Å². The van der Waals surface area contributed by atoms with Crippen LogP contribution >= 0.6 is 0 Å². The number of aromatic nitrogens is 2. The van der Waals surface area contributed by atoms with E-state index in [9.17, 15) is 0 Å². The van der Waals surface area contributed by atoms with Gasteiger partial charge in [-0.05, 0) is 24.1 Å². The molecule has 2 aromatic rings. The van der Waals surface area contributed by atoms with Crippen molar-refractivity contribution in [2.45, 2.75) is 19.4 Å². The highest BCUT2D eigenvalue weighted by molar-refractivity contribution is 5.42. The Morgan fingerprint density at radius 1 is 1.54 bits per heavy atom. The van der Waals surface area contributed by atoms with Gasteiger partial charge in [0, 0.05) is 24.6 Å². The quantitative estimate of drug-likeness (QED) is 0.755. The summed E-state index contributed by atoms with van der Waals surface area (Å²) in [4.78, 5) is 4.20. The predicted octanol–water partition coefficient (Wildman–Crippen LogP) is 1.74. The molecule has 0 unspecified atom stereocenters. The molecule has 13 heavy (non-hydrogen) atoms. The van der Waals surface area contributed by atoms with E-state index in [-0.39, 0.29) is 6.04 Å². The van der Waals surface area contributed by atoms with Crippen molar-refractivity contribution >= 4 is 5.65 Å². The molecule has 0 aliphatic rings. The van der Waals surface area contributed by atoms with E-state index in [1.165, 1.54) is 0 Å². The Morgan fingerprint density at radius 2 is 2.38 bits per heavy atom. The molecule has 0 saturated carbocycles. The van der Waals surface area contributed by atoms with Crippen LogP contribution in [0.3, 0.4) is 0 Å². The number of hydrogen-bond donors (Lipinski definition) is 1. The Balaban J connectivity index is 2.48. The first-order valence-electron chi connectivity index (χ1n) is 4.49. The van der Waals surface area contributed by atoms with Gasteiger partial charge in [-0.3, -0.25) is 0 Å². The molecule has 0 amide bonds. The Bertz CT molecular complexity index is 405. The van der Waals surface area contributed by atoms with Crippen molar-refractivity contribution in [3.63, 3.8) is 0 Å². The lowest BCUT2D eigenvalue weighted by Gasteiger charge is -2.08. The molecule has 0 radical (unpaired) electrons. The standard InChI is InChI=1S/C10H13N3/c1-2-9(11)8-3-5-13-6-4-12-10(13)7-8/h3-7,9H,2,11H2,1H3/t9-/m1/s1. The summed E-state index contributed by atoms with van der Waals surface area (Å²) in [6, 6.07) is 4.21. The summed E-state index contributed by atoms with van der Waals surface area (Å²) in [7, 11) is 0. The van der Waals surface area contributed by atoms with Crippen molar-refractivity contribution in [2.24, 2.45) is 5.73 Å². The van der Waals surface area contributed by atoms with Crippen LogP contribution in [-0.4, -0.2) is 9.38 Å². The Kier molecular flexibility index (Phi) is 2.02. The molecule has 1 atom stereocenters. The number of pyridine rings is 1. The molecule has 2 heterocycles. The van der Waals surface area contributed by atoms with Crippen LogP contribution in [0, 0.1) is 0 Å². The first-order chi connectivity index (χ1) is 6.31. The minimum atomic E-state index is 0.127.